The van der Waals surface area contributed by atoms with Gasteiger partial charge < -0.3 is 24.5 Å². The highest BCUT2D eigenvalue weighted by molar-refractivity contribution is 5.96. The van der Waals surface area contributed by atoms with Crippen LogP contribution >= 0.6 is 0 Å². The molecular formula is C26H29N3O5. The predicted octanol–water partition coefficient (Wildman–Crippen LogP) is 5.35. The molecule has 8 nitrogen and oxygen atoms in total. The average Bonchev–Trinajstić information content (AvgIpc) is 3.25. The Labute approximate surface area is 198 Å². The van der Waals surface area contributed by atoms with E-state index in [9.17, 15) is 9.59 Å². The van der Waals surface area contributed by atoms with Crippen molar-refractivity contribution in [3.05, 3.63) is 66.2 Å². The minimum atomic E-state index is -0.672. The molecule has 0 bridgehead atoms. The molecule has 1 aliphatic rings. The number of oxazole rings is 1. The van der Waals surface area contributed by atoms with E-state index in [0.717, 1.165) is 18.6 Å². The van der Waals surface area contributed by atoms with E-state index in [4.69, 9.17) is 19.6 Å². The third-order valence-electron chi connectivity index (χ3n) is 5.39. The lowest BCUT2D eigenvalue weighted by Gasteiger charge is -2.32. The van der Waals surface area contributed by atoms with Crippen molar-refractivity contribution in [3.63, 3.8) is 0 Å². The van der Waals surface area contributed by atoms with Gasteiger partial charge in [0.2, 0.25) is 5.89 Å². The van der Waals surface area contributed by atoms with Gasteiger partial charge in [0, 0.05) is 18.7 Å². The van der Waals surface area contributed by atoms with Crippen molar-refractivity contribution in [3.8, 4) is 22.8 Å². The van der Waals surface area contributed by atoms with Crippen LogP contribution in [0.15, 0.2) is 59.0 Å². The molecule has 178 valence electrons. The molecule has 1 saturated heterocycles. The Morgan fingerprint density at radius 3 is 2.38 bits per heavy atom. The Morgan fingerprint density at radius 1 is 1.06 bits per heavy atom. The van der Waals surface area contributed by atoms with Gasteiger partial charge in [0.1, 0.15) is 17.1 Å². The smallest absolute Gasteiger partial charge is 0.410 e. The molecule has 3 aromatic rings. The monoisotopic (exact) mass is 463 g/mol. The minimum absolute atomic E-state index is 0.0705. The number of nitrogens with zero attached hydrogens (tertiary/aromatic N) is 2. The maximum Gasteiger partial charge on any atom is 0.410 e. The average molecular weight is 464 g/mol. The van der Waals surface area contributed by atoms with Gasteiger partial charge in [-0.15, -0.1) is 0 Å². The Kier molecular flexibility index (Phi) is 6.58. The highest BCUT2D eigenvalue weighted by Gasteiger charge is 2.32. The van der Waals surface area contributed by atoms with E-state index in [1.807, 2.05) is 51.1 Å². The molecule has 2 amide bonds. The zero-order valence-corrected chi connectivity index (χ0v) is 19.6. The third kappa shape index (κ3) is 5.57. The van der Waals surface area contributed by atoms with Crippen LogP contribution in [0.1, 0.15) is 55.9 Å². The Morgan fingerprint density at radius 2 is 1.74 bits per heavy atom. The van der Waals surface area contributed by atoms with E-state index in [1.165, 1.54) is 0 Å². The molecule has 34 heavy (non-hydrogen) atoms. The summed E-state index contributed by atoms with van der Waals surface area (Å²) in [5, 5.41) is 0. The first kappa shape index (κ1) is 23.4. The van der Waals surface area contributed by atoms with E-state index in [1.54, 1.807) is 29.2 Å². The molecule has 8 heteroatoms. The molecule has 1 atom stereocenters. The molecule has 4 rings (SSSR count). The number of carbonyl (C=O) groups excluding carboxylic acids is 2. The molecular weight excluding hydrogens is 434 g/mol. The molecule has 0 spiro atoms. The third-order valence-corrected chi connectivity index (χ3v) is 5.39. The maximum absolute atomic E-state index is 12.5. The van der Waals surface area contributed by atoms with Gasteiger partial charge in [0.05, 0.1) is 5.92 Å². The van der Waals surface area contributed by atoms with Crippen LogP contribution in [0.5, 0.6) is 11.5 Å². The van der Waals surface area contributed by atoms with Gasteiger partial charge in [-0.2, -0.15) is 0 Å². The van der Waals surface area contributed by atoms with Crippen molar-refractivity contribution in [1.29, 1.82) is 0 Å². The number of nitrogens with two attached hydrogens (primary N) is 1. The summed E-state index contributed by atoms with van der Waals surface area (Å²) in [6, 6.07) is 16.6. The number of hydrogen-bond acceptors (Lipinski definition) is 6. The summed E-state index contributed by atoms with van der Waals surface area (Å²) in [6.45, 7) is 6.51. The Bertz CT molecular complexity index is 1150. The second kappa shape index (κ2) is 9.59. The lowest BCUT2D eigenvalue weighted by atomic mass is 9.98. The summed E-state index contributed by atoms with van der Waals surface area (Å²) in [4.78, 5) is 30.7. The number of aromatic nitrogens is 1. The number of ether oxygens (including phenoxy) is 2. The number of likely N-dealkylation sites (tertiary alicyclic amines) is 1. The number of carbonyl (C=O) groups is 2. The number of piperidine rings is 1. The van der Waals surface area contributed by atoms with Crippen LogP contribution in [0.3, 0.4) is 0 Å². The standard InChI is InChI=1S/C26H29N3O5/c1-26(2,3)34-25(31)29-15-7-8-18(16-29)24-28-21(23(27)30)22(33-24)17-11-13-20(14-12-17)32-19-9-5-4-6-10-19/h4-6,9-14,18H,7-8,15-16H2,1-3H3,(H2,27,30). The fraction of sp³-hybridized carbons (Fsp3) is 0.346. The van der Waals surface area contributed by atoms with Crippen LogP contribution in [-0.2, 0) is 4.74 Å². The zero-order chi connectivity index (χ0) is 24.3. The normalized spacial score (nSPS) is 16.2. The van der Waals surface area contributed by atoms with E-state index < -0.39 is 11.5 Å². The second-order valence-electron chi connectivity index (χ2n) is 9.30. The molecule has 1 aromatic heterocycles. The fourth-order valence-corrected chi connectivity index (χ4v) is 3.84. The Balaban J connectivity index is 1.54. The number of amides is 2. The van der Waals surface area contributed by atoms with E-state index in [0.29, 0.717) is 36.1 Å². The highest BCUT2D eigenvalue weighted by Crippen LogP contribution is 2.34. The van der Waals surface area contributed by atoms with Crippen molar-refractivity contribution in [2.45, 2.75) is 45.1 Å². The molecule has 0 saturated carbocycles. The van der Waals surface area contributed by atoms with Gasteiger partial charge in [-0.25, -0.2) is 9.78 Å². The van der Waals surface area contributed by atoms with Gasteiger partial charge in [0.15, 0.2) is 11.5 Å². The largest absolute Gasteiger partial charge is 0.457 e. The van der Waals surface area contributed by atoms with Gasteiger partial charge in [-0.1, -0.05) is 18.2 Å². The van der Waals surface area contributed by atoms with Gasteiger partial charge in [0.25, 0.3) is 5.91 Å². The summed E-state index contributed by atoms with van der Waals surface area (Å²) in [5.41, 5.74) is 5.76. The first-order valence-electron chi connectivity index (χ1n) is 11.3. The predicted molar refractivity (Wildman–Crippen MR) is 127 cm³/mol. The van der Waals surface area contributed by atoms with Crippen LogP contribution in [0.25, 0.3) is 11.3 Å². The molecule has 0 radical (unpaired) electrons. The fourth-order valence-electron chi connectivity index (χ4n) is 3.84. The van der Waals surface area contributed by atoms with Gasteiger partial charge >= 0.3 is 6.09 Å². The van der Waals surface area contributed by atoms with Crippen molar-refractivity contribution >= 4 is 12.0 Å². The summed E-state index contributed by atoms with van der Waals surface area (Å²) in [6.07, 6.45) is 1.19. The lowest BCUT2D eigenvalue weighted by molar-refractivity contribution is 0.0190. The minimum Gasteiger partial charge on any atom is -0.457 e. The van der Waals surface area contributed by atoms with E-state index >= 15 is 0 Å². The zero-order valence-electron chi connectivity index (χ0n) is 19.6. The molecule has 1 fully saturated rings. The molecule has 1 aliphatic heterocycles. The quantitative estimate of drug-likeness (QED) is 0.547. The summed E-state index contributed by atoms with van der Waals surface area (Å²) in [5.74, 6) is 1.24. The van der Waals surface area contributed by atoms with Crippen molar-refractivity contribution in [2.75, 3.05) is 13.1 Å². The molecule has 2 N–H and O–H groups in total. The van der Waals surface area contributed by atoms with Crippen molar-refractivity contribution in [2.24, 2.45) is 5.73 Å². The number of para-hydroxylation sites is 1. The van der Waals surface area contributed by atoms with Crippen molar-refractivity contribution < 1.29 is 23.5 Å². The van der Waals surface area contributed by atoms with Gasteiger partial charge in [-0.05, 0) is 70.0 Å². The van der Waals surface area contributed by atoms with E-state index in [2.05, 4.69) is 4.98 Å². The van der Waals surface area contributed by atoms with Crippen LogP contribution < -0.4 is 10.5 Å². The van der Waals surface area contributed by atoms with Crippen LogP contribution in [0.4, 0.5) is 4.79 Å². The molecule has 2 heterocycles. The Hall–Kier alpha value is -3.81. The number of primary amides is 1. The summed E-state index contributed by atoms with van der Waals surface area (Å²) in [7, 11) is 0. The highest BCUT2D eigenvalue weighted by atomic mass is 16.6. The first-order valence-corrected chi connectivity index (χ1v) is 11.3. The summed E-state index contributed by atoms with van der Waals surface area (Å²) < 4.78 is 17.4. The lowest BCUT2D eigenvalue weighted by Crippen LogP contribution is -2.42. The number of rotatable bonds is 5. The molecule has 0 aliphatic carbocycles. The van der Waals surface area contributed by atoms with Crippen LogP contribution in [0, 0.1) is 0 Å². The van der Waals surface area contributed by atoms with Crippen molar-refractivity contribution in [1.82, 2.24) is 9.88 Å². The topological polar surface area (TPSA) is 108 Å². The maximum atomic E-state index is 12.5. The van der Waals surface area contributed by atoms with Crippen LogP contribution in [-0.4, -0.2) is 40.6 Å². The summed E-state index contributed by atoms with van der Waals surface area (Å²) >= 11 is 0. The SMILES string of the molecule is CC(C)(C)OC(=O)N1CCCC(c2nc(C(N)=O)c(-c3ccc(Oc4ccccc4)cc3)o2)C1. The van der Waals surface area contributed by atoms with E-state index in [-0.39, 0.29) is 17.7 Å². The van der Waals surface area contributed by atoms with Gasteiger partial charge in [-0.3, -0.25) is 4.79 Å². The second-order valence-corrected chi connectivity index (χ2v) is 9.30. The van der Waals surface area contributed by atoms with Crippen LogP contribution in [0.2, 0.25) is 0 Å². The first-order chi connectivity index (χ1) is 16.2. The number of benzene rings is 2. The molecule has 1 unspecified atom stereocenters. The molecule has 2 aromatic carbocycles. The number of hydrogen-bond donors (Lipinski definition) is 1.